The fourth-order valence-corrected chi connectivity index (χ4v) is 2.36. The maximum Gasteiger partial charge on any atom is 0.343 e. The lowest BCUT2D eigenvalue weighted by Crippen LogP contribution is -2.23. The van der Waals surface area contributed by atoms with Crippen LogP contribution in [0.4, 0.5) is 0 Å². The molecule has 0 fully saturated rings. The van der Waals surface area contributed by atoms with Crippen LogP contribution in [0.25, 0.3) is 6.08 Å². The topological polar surface area (TPSA) is 92.3 Å². The highest BCUT2D eigenvalue weighted by Crippen LogP contribution is 2.16. The first-order valence-electron chi connectivity index (χ1n) is 8.45. The average molecular weight is 372 g/mol. The standard InChI is InChI=1S/C22H16N2O4/c23-14-18(21(25)24-15-20-7-4-12-27-20)13-16-8-10-19(11-9-16)28-22(26)17-5-2-1-3-6-17/h1-13H,15H2,(H,24,25)/b18-13+. The molecule has 0 aliphatic heterocycles. The number of esters is 1. The molecule has 1 heterocycles. The Balaban J connectivity index is 1.63. The summed E-state index contributed by atoms with van der Waals surface area (Å²) in [7, 11) is 0. The number of carbonyl (C=O) groups is 2. The molecule has 0 radical (unpaired) electrons. The van der Waals surface area contributed by atoms with E-state index in [0.29, 0.717) is 22.6 Å². The minimum absolute atomic E-state index is 0.0411. The Labute approximate surface area is 161 Å². The van der Waals surface area contributed by atoms with Crippen molar-refractivity contribution in [3.8, 4) is 11.8 Å². The van der Waals surface area contributed by atoms with Crippen molar-refractivity contribution in [2.45, 2.75) is 6.54 Å². The maximum atomic E-state index is 12.1. The van der Waals surface area contributed by atoms with E-state index in [1.165, 1.54) is 12.3 Å². The molecule has 6 nitrogen and oxygen atoms in total. The number of hydrogen-bond donors (Lipinski definition) is 1. The van der Waals surface area contributed by atoms with E-state index in [0.717, 1.165) is 0 Å². The van der Waals surface area contributed by atoms with Gasteiger partial charge < -0.3 is 14.5 Å². The number of nitrogens with zero attached hydrogens (tertiary/aromatic N) is 1. The van der Waals surface area contributed by atoms with Crippen molar-refractivity contribution in [1.29, 1.82) is 5.26 Å². The molecule has 0 aliphatic carbocycles. The van der Waals surface area contributed by atoms with Crippen LogP contribution in [0.1, 0.15) is 21.7 Å². The number of benzene rings is 2. The van der Waals surface area contributed by atoms with Gasteiger partial charge in [0.25, 0.3) is 5.91 Å². The molecule has 3 aromatic rings. The van der Waals surface area contributed by atoms with E-state index in [1.807, 2.05) is 12.1 Å². The van der Waals surface area contributed by atoms with E-state index >= 15 is 0 Å². The summed E-state index contributed by atoms with van der Waals surface area (Å²) in [5.41, 5.74) is 1.04. The maximum absolute atomic E-state index is 12.1. The SMILES string of the molecule is N#C/C(=C\c1ccc(OC(=O)c2ccccc2)cc1)C(=O)NCc1ccco1. The number of nitrogens with one attached hydrogen (secondary N) is 1. The molecule has 0 saturated carbocycles. The third-order valence-corrected chi connectivity index (χ3v) is 3.78. The fraction of sp³-hybridized carbons (Fsp3) is 0.0455. The highest BCUT2D eigenvalue weighted by molar-refractivity contribution is 6.01. The molecule has 1 amide bonds. The molecule has 0 aliphatic rings. The molecular weight excluding hydrogens is 356 g/mol. The number of nitriles is 1. The third-order valence-electron chi connectivity index (χ3n) is 3.78. The van der Waals surface area contributed by atoms with Crippen LogP contribution in [-0.4, -0.2) is 11.9 Å². The van der Waals surface area contributed by atoms with Crippen LogP contribution in [0.15, 0.2) is 83.0 Å². The Hall–Kier alpha value is -4.11. The van der Waals surface area contributed by atoms with Gasteiger partial charge in [-0.1, -0.05) is 30.3 Å². The second-order valence-electron chi connectivity index (χ2n) is 5.76. The van der Waals surface area contributed by atoms with E-state index in [1.54, 1.807) is 60.7 Å². The van der Waals surface area contributed by atoms with E-state index in [9.17, 15) is 14.9 Å². The molecule has 1 N–H and O–H groups in total. The number of carbonyl (C=O) groups excluding carboxylic acids is 2. The molecular formula is C22H16N2O4. The van der Waals surface area contributed by atoms with Crippen molar-refractivity contribution >= 4 is 18.0 Å². The monoisotopic (exact) mass is 372 g/mol. The molecule has 2 aromatic carbocycles. The summed E-state index contributed by atoms with van der Waals surface area (Å²) in [6.07, 6.45) is 2.97. The van der Waals surface area contributed by atoms with E-state index in [2.05, 4.69) is 5.32 Å². The lowest BCUT2D eigenvalue weighted by molar-refractivity contribution is -0.117. The minimum Gasteiger partial charge on any atom is -0.467 e. The van der Waals surface area contributed by atoms with Gasteiger partial charge in [0.15, 0.2) is 0 Å². The van der Waals surface area contributed by atoms with Crippen LogP contribution >= 0.6 is 0 Å². The number of hydrogen-bond acceptors (Lipinski definition) is 5. The molecule has 0 bridgehead atoms. The van der Waals surface area contributed by atoms with Crippen LogP contribution in [0.5, 0.6) is 5.75 Å². The second kappa shape index (κ2) is 9.01. The first-order chi connectivity index (χ1) is 13.7. The summed E-state index contributed by atoms with van der Waals surface area (Å²) in [6, 6.07) is 20.5. The summed E-state index contributed by atoms with van der Waals surface area (Å²) in [4.78, 5) is 24.2. The summed E-state index contributed by atoms with van der Waals surface area (Å²) in [5, 5.41) is 11.9. The lowest BCUT2D eigenvalue weighted by atomic mass is 10.1. The van der Waals surface area contributed by atoms with Crippen LogP contribution < -0.4 is 10.1 Å². The summed E-state index contributed by atoms with van der Waals surface area (Å²) < 4.78 is 10.4. The van der Waals surface area contributed by atoms with Crippen LogP contribution in [0.3, 0.4) is 0 Å². The van der Waals surface area contributed by atoms with Gasteiger partial charge in [-0.3, -0.25) is 4.79 Å². The zero-order chi connectivity index (χ0) is 19.8. The number of amides is 1. The second-order valence-corrected chi connectivity index (χ2v) is 5.76. The molecule has 28 heavy (non-hydrogen) atoms. The average Bonchev–Trinajstić information content (AvgIpc) is 3.25. The Morgan fingerprint density at radius 1 is 1.04 bits per heavy atom. The van der Waals surface area contributed by atoms with Gasteiger partial charge in [-0.05, 0) is 48.0 Å². The normalized spacial score (nSPS) is 10.8. The number of rotatable bonds is 6. The molecule has 3 rings (SSSR count). The van der Waals surface area contributed by atoms with Crippen LogP contribution in [0, 0.1) is 11.3 Å². The Kier molecular flexibility index (Phi) is 6.01. The van der Waals surface area contributed by atoms with Crippen LogP contribution in [-0.2, 0) is 11.3 Å². The molecule has 1 aromatic heterocycles. The van der Waals surface area contributed by atoms with E-state index in [-0.39, 0.29) is 12.1 Å². The molecule has 138 valence electrons. The molecule has 0 saturated heterocycles. The number of furan rings is 1. The van der Waals surface area contributed by atoms with Gasteiger partial charge in [0.2, 0.25) is 0 Å². The van der Waals surface area contributed by atoms with Gasteiger partial charge in [0.1, 0.15) is 23.2 Å². The van der Waals surface area contributed by atoms with Crippen molar-refractivity contribution in [3.63, 3.8) is 0 Å². The van der Waals surface area contributed by atoms with Crippen molar-refractivity contribution < 1.29 is 18.7 Å². The van der Waals surface area contributed by atoms with E-state index < -0.39 is 11.9 Å². The van der Waals surface area contributed by atoms with Gasteiger partial charge in [-0.25, -0.2) is 4.79 Å². The summed E-state index contributed by atoms with van der Waals surface area (Å²) in [6.45, 7) is 0.194. The van der Waals surface area contributed by atoms with Gasteiger partial charge in [-0.2, -0.15) is 5.26 Å². The quantitative estimate of drug-likeness (QED) is 0.308. The largest absolute Gasteiger partial charge is 0.467 e. The first kappa shape index (κ1) is 18.7. The fourth-order valence-electron chi connectivity index (χ4n) is 2.36. The lowest BCUT2D eigenvalue weighted by Gasteiger charge is -2.05. The first-order valence-corrected chi connectivity index (χ1v) is 8.45. The zero-order valence-corrected chi connectivity index (χ0v) is 14.8. The van der Waals surface area contributed by atoms with Crippen molar-refractivity contribution in [3.05, 3.63) is 95.5 Å². The van der Waals surface area contributed by atoms with Gasteiger partial charge in [0, 0.05) is 0 Å². The van der Waals surface area contributed by atoms with E-state index in [4.69, 9.17) is 9.15 Å². The van der Waals surface area contributed by atoms with Gasteiger partial charge in [-0.15, -0.1) is 0 Å². The van der Waals surface area contributed by atoms with Gasteiger partial charge >= 0.3 is 5.97 Å². The van der Waals surface area contributed by atoms with Gasteiger partial charge in [0.05, 0.1) is 18.4 Å². The third kappa shape index (κ3) is 4.96. The Morgan fingerprint density at radius 3 is 2.43 bits per heavy atom. The Morgan fingerprint density at radius 2 is 1.79 bits per heavy atom. The highest BCUT2D eigenvalue weighted by atomic mass is 16.5. The summed E-state index contributed by atoms with van der Waals surface area (Å²) in [5.74, 6) is -0.000557. The Bertz CT molecular complexity index is 1010. The molecule has 0 unspecified atom stereocenters. The number of ether oxygens (including phenoxy) is 1. The van der Waals surface area contributed by atoms with Crippen molar-refractivity contribution in [2.24, 2.45) is 0 Å². The smallest absolute Gasteiger partial charge is 0.343 e. The molecule has 0 spiro atoms. The van der Waals surface area contributed by atoms with Crippen molar-refractivity contribution in [1.82, 2.24) is 5.32 Å². The predicted octanol–water partition coefficient (Wildman–Crippen LogP) is 3.72. The minimum atomic E-state index is -0.501. The van der Waals surface area contributed by atoms with Crippen molar-refractivity contribution in [2.75, 3.05) is 0 Å². The predicted molar refractivity (Wildman–Crippen MR) is 102 cm³/mol. The summed E-state index contributed by atoms with van der Waals surface area (Å²) >= 11 is 0. The molecule has 0 atom stereocenters. The van der Waals surface area contributed by atoms with Crippen LogP contribution in [0.2, 0.25) is 0 Å². The zero-order valence-electron chi connectivity index (χ0n) is 14.8. The highest BCUT2D eigenvalue weighted by Gasteiger charge is 2.10. The molecule has 6 heteroatoms.